The molecule has 0 unspecified atom stereocenters. The third-order valence-electron chi connectivity index (χ3n) is 3.92. The first-order chi connectivity index (χ1) is 13.8. The fraction of sp³-hybridized carbons (Fsp3) is 0.227. The molecule has 0 fully saturated rings. The van der Waals surface area contributed by atoms with Gasteiger partial charge in [-0.25, -0.2) is 9.97 Å². The van der Waals surface area contributed by atoms with Crippen molar-refractivity contribution in [3.63, 3.8) is 0 Å². The molecule has 144 valence electrons. The lowest BCUT2D eigenvalue weighted by Crippen LogP contribution is -2.13. The molecule has 0 bridgehead atoms. The van der Waals surface area contributed by atoms with Crippen molar-refractivity contribution in [1.82, 2.24) is 9.97 Å². The Labute approximate surface area is 164 Å². The highest BCUT2D eigenvalue weighted by Gasteiger charge is 2.07. The van der Waals surface area contributed by atoms with Crippen LogP contribution in [0.15, 0.2) is 67.0 Å². The minimum absolute atomic E-state index is 0.0993. The topological polar surface area (TPSA) is 73.3 Å². The number of hydrogen-bond acceptors (Lipinski definition) is 5. The molecule has 1 aromatic heterocycles. The van der Waals surface area contributed by atoms with Gasteiger partial charge in [-0.3, -0.25) is 4.79 Å². The lowest BCUT2D eigenvalue weighted by atomic mass is 10.2. The largest absolute Gasteiger partial charge is 0.490 e. The standard InChI is InChI=1S/C22H23N3O3/c1-2-27-19-11-6-7-12-20(19)28-14-8-13-21(26)25-18-15-23-22(24-16-18)17-9-4-3-5-10-17/h3-7,9-12,15-16H,2,8,13-14H2,1H3,(H,25,26). The molecule has 0 saturated heterocycles. The zero-order valence-corrected chi connectivity index (χ0v) is 15.8. The highest BCUT2D eigenvalue weighted by molar-refractivity contribution is 5.90. The molecule has 3 aromatic rings. The highest BCUT2D eigenvalue weighted by atomic mass is 16.5. The predicted octanol–water partition coefficient (Wildman–Crippen LogP) is 4.34. The number of amides is 1. The van der Waals surface area contributed by atoms with Gasteiger partial charge in [0.25, 0.3) is 0 Å². The van der Waals surface area contributed by atoms with E-state index in [0.29, 0.717) is 49.1 Å². The molecule has 0 spiro atoms. The van der Waals surface area contributed by atoms with Crippen LogP contribution in [0, 0.1) is 0 Å². The summed E-state index contributed by atoms with van der Waals surface area (Å²) >= 11 is 0. The average Bonchev–Trinajstić information content (AvgIpc) is 2.74. The van der Waals surface area contributed by atoms with Crippen molar-refractivity contribution in [3.8, 4) is 22.9 Å². The van der Waals surface area contributed by atoms with Crippen LogP contribution in [0.2, 0.25) is 0 Å². The van der Waals surface area contributed by atoms with E-state index >= 15 is 0 Å². The molecule has 0 atom stereocenters. The Morgan fingerprint density at radius 1 is 0.929 bits per heavy atom. The maximum Gasteiger partial charge on any atom is 0.224 e. The molecule has 0 radical (unpaired) electrons. The molecule has 0 aliphatic carbocycles. The molecule has 0 aliphatic heterocycles. The Balaban J connectivity index is 1.43. The van der Waals surface area contributed by atoms with Gasteiger partial charge in [0.2, 0.25) is 5.91 Å². The monoisotopic (exact) mass is 377 g/mol. The van der Waals surface area contributed by atoms with Crippen molar-refractivity contribution < 1.29 is 14.3 Å². The lowest BCUT2D eigenvalue weighted by Gasteiger charge is -2.11. The fourth-order valence-corrected chi connectivity index (χ4v) is 2.61. The molecule has 1 amide bonds. The Kier molecular flexibility index (Phi) is 6.95. The number of benzene rings is 2. The molecule has 1 heterocycles. The Morgan fingerprint density at radius 3 is 2.25 bits per heavy atom. The van der Waals surface area contributed by atoms with Gasteiger partial charge in [0.05, 0.1) is 31.3 Å². The van der Waals surface area contributed by atoms with E-state index in [-0.39, 0.29) is 5.91 Å². The number of carbonyl (C=O) groups is 1. The number of rotatable bonds is 9. The summed E-state index contributed by atoms with van der Waals surface area (Å²) in [5.74, 6) is 1.93. The van der Waals surface area contributed by atoms with Crippen LogP contribution in [0.3, 0.4) is 0 Å². The SMILES string of the molecule is CCOc1ccccc1OCCCC(=O)Nc1cnc(-c2ccccc2)nc1. The lowest BCUT2D eigenvalue weighted by molar-refractivity contribution is -0.116. The van der Waals surface area contributed by atoms with Crippen LogP contribution in [-0.2, 0) is 4.79 Å². The number of nitrogens with zero attached hydrogens (tertiary/aromatic N) is 2. The third kappa shape index (κ3) is 5.54. The number of nitrogens with one attached hydrogen (secondary N) is 1. The van der Waals surface area contributed by atoms with Gasteiger partial charge in [-0.1, -0.05) is 42.5 Å². The number of carbonyl (C=O) groups excluding carboxylic acids is 1. The highest BCUT2D eigenvalue weighted by Crippen LogP contribution is 2.26. The second-order valence-corrected chi connectivity index (χ2v) is 6.04. The minimum Gasteiger partial charge on any atom is -0.490 e. The van der Waals surface area contributed by atoms with Crippen molar-refractivity contribution in [2.75, 3.05) is 18.5 Å². The van der Waals surface area contributed by atoms with Crippen LogP contribution in [0.4, 0.5) is 5.69 Å². The Bertz CT molecular complexity index is 883. The summed E-state index contributed by atoms with van der Waals surface area (Å²) in [5, 5.41) is 2.81. The van der Waals surface area contributed by atoms with Crippen molar-refractivity contribution in [1.29, 1.82) is 0 Å². The van der Waals surface area contributed by atoms with Crippen LogP contribution in [0.1, 0.15) is 19.8 Å². The van der Waals surface area contributed by atoms with Crippen LogP contribution >= 0.6 is 0 Å². The van der Waals surface area contributed by atoms with E-state index in [2.05, 4.69) is 15.3 Å². The molecule has 3 rings (SSSR count). The van der Waals surface area contributed by atoms with E-state index in [0.717, 1.165) is 5.56 Å². The molecular formula is C22H23N3O3. The average molecular weight is 377 g/mol. The summed E-state index contributed by atoms with van der Waals surface area (Å²) in [4.78, 5) is 20.7. The summed E-state index contributed by atoms with van der Waals surface area (Å²) in [7, 11) is 0. The second-order valence-electron chi connectivity index (χ2n) is 6.04. The van der Waals surface area contributed by atoms with Gasteiger partial charge in [-0.2, -0.15) is 0 Å². The van der Waals surface area contributed by atoms with Gasteiger partial charge >= 0.3 is 0 Å². The zero-order chi connectivity index (χ0) is 19.6. The van der Waals surface area contributed by atoms with Crippen LogP contribution < -0.4 is 14.8 Å². The minimum atomic E-state index is -0.0993. The molecule has 6 nitrogen and oxygen atoms in total. The van der Waals surface area contributed by atoms with E-state index in [4.69, 9.17) is 9.47 Å². The van der Waals surface area contributed by atoms with Crippen molar-refractivity contribution in [3.05, 3.63) is 67.0 Å². The van der Waals surface area contributed by atoms with Gasteiger partial charge in [-0.05, 0) is 25.5 Å². The molecule has 28 heavy (non-hydrogen) atoms. The Morgan fingerprint density at radius 2 is 1.57 bits per heavy atom. The van der Waals surface area contributed by atoms with Crippen molar-refractivity contribution in [2.45, 2.75) is 19.8 Å². The maximum atomic E-state index is 12.1. The fourth-order valence-electron chi connectivity index (χ4n) is 2.61. The third-order valence-corrected chi connectivity index (χ3v) is 3.92. The second kappa shape index (κ2) is 10.1. The van der Waals surface area contributed by atoms with Gasteiger partial charge in [0.1, 0.15) is 0 Å². The van der Waals surface area contributed by atoms with E-state index in [1.807, 2.05) is 61.5 Å². The first-order valence-corrected chi connectivity index (χ1v) is 9.28. The Hall–Kier alpha value is -3.41. The van der Waals surface area contributed by atoms with E-state index in [9.17, 15) is 4.79 Å². The van der Waals surface area contributed by atoms with Gasteiger partial charge in [-0.15, -0.1) is 0 Å². The van der Waals surface area contributed by atoms with Crippen LogP contribution in [0.5, 0.6) is 11.5 Å². The van der Waals surface area contributed by atoms with Gasteiger partial charge in [0.15, 0.2) is 17.3 Å². The number of para-hydroxylation sites is 2. The first kappa shape index (κ1) is 19.4. The number of ether oxygens (including phenoxy) is 2. The summed E-state index contributed by atoms with van der Waals surface area (Å²) in [5.41, 5.74) is 1.51. The quantitative estimate of drug-likeness (QED) is 0.562. The molecule has 2 aromatic carbocycles. The molecule has 6 heteroatoms. The summed E-state index contributed by atoms with van der Waals surface area (Å²) in [6.45, 7) is 2.94. The van der Waals surface area contributed by atoms with Crippen LogP contribution in [0.25, 0.3) is 11.4 Å². The summed E-state index contributed by atoms with van der Waals surface area (Å²) in [6.07, 6.45) is 4.16. The smallest absolute Gasteiger partial charge is 0.224 e. The zero-order valence-electron chi connectivity index (χ0n) is 15.8. The van der Waals surface area contributed by atoms with E-state index in [1.54, 1.807) is 12.4 Å². The van der Waals surface area contributed by atoms with E-state index in [1.165, 1.54) is 0 Å². The maximum absolute atomic E-state index is 12.1. The van der Waals surface area contributed by atoms with Crippen LogP contribution in [-0.4, -0.2) is 29.1 Å². The number of anilines is 1. The molecule has 0 saturated carbocycles. The summed E-state index contributed by atoms with van der Waals surface area (Å²) in [6, 6.07) is 17.2. The number of aromatic nitrogens is 2. The van der Waals surface area contributed by atoms with Crippen molar-refractivity contribution >= 4 is 11.6 Å². The molecular weight excluding hydrogens is 354 g/mol. The normalized spacial score (nSPS) is 10.3. The number of hydrogen-bond donors (Lipinski definition) is 1. The predicted molar refractivity (Wildman–Crippen MR) is 108 cm³/mol. The van der Waals surface area contributed by atoms with Gasteiger partial charge < -0.3 is 14.8 Å². The molecule has 0 aliphatic rings. The first-order valence-electron chi connectivity index (χ1n) is 9.28. The summed E-state index contributed by atoms with van der Waals surface area (Å²) < 4.78 is 11.2. The molecule has 1 N–H and O–H groups in total. The van der Waals surface area contributed by atoms with E-state index < -0.39 is 0 Å². The van der Waals surface area contributed by atoms with Gasteiger partial charge in [0, 0.05) is 12.0 Å². The van der Waals surface area contributed by atoms with Crippen molar-refractivity contribution in [2.24, 2.45) is 0 Å².